The van der Waals surface area contributed by atoms with E-state index in [9.17, 15) is 4.79 Å². The Morgan fingerprint density at radius 1 is 1.20 bits per heavy atom. The summed E-state index contributed by atoms with van der Waals surface area (Å²) in [4.78, 5) is 14.3. The number of carbonyl (C=O) groups excluding carboxylic acids is 1. The number of methoxy groups -OCH3 is 3. The van der Waals surface area contributed by atoms with Gasteiger partial charge in [-0.2, -0.15) is 0 Å². The number of nitrogens with one attached hydrogen (secondary N) is 1. The third-order valence-corrected chi connectivity index (χ3v) is 4.65. The molecule has 1 aromatic carbocycles. The van der Waals surface area contributed by atoms with E-state index in [0.717, 1.165) is 11.3 Å². The summed E-state index contributed by atoms with van der Waals surface area (Å²) in [6, 6.07) is 3.29. The van der Waals surface area contributed by atoms with E-state index in [1.165, 1.54) is 0 Å². The first-order valence-corrected chi connectivity index (χ1v) is 8.39. The van der Waals surface area contributed by atoms with Gasteiger partial charge < -0.3 is 24.4 Å². The molecule has 0 radical (unpaired) electrons. The van der Waals surface area contributed by atoms with Gasteiger partial charge in [-0.15, -0.1) is 0 Å². The van der Waals surface area contributed by atoms with E-state index in [4.69, 9.17) is 26.4 Å². The molecular weight excluding hydrogens is 340 g/mol. The minimum absolute atomic E-state index is 0.00954. The molecular formula is C18H24N2O4S. The molecule has 2 rings (SSSR count). The SMILES string of the molecule is CCN1C(=S)NC(c2cc(OC)c(OC)c(OC)c2)C(C(C)=O)=C1C. The Labute approximate surface area is 153 Å². The molecule has 1 atom stereocenters. The fraction of sp³-hybridized carbons (Fsp3) is 0.444. The van der Waals surface area contributed by atoms with Gasteiger partial charge in [-0.3, -0.25) is 4.79 Å². The Balaban J connectivity index is 2.65. The molecule has 1 N–H and O–H groups in total. The molecule has 6 nitrogen and oxygen atoms in total. The number of benzene rings is 1. The Morgan fingerprint density at radius 2 is 1.76 bits per heavy atom. The molecule has 0 bridgehead atoms. The molecule has 1 heterocycles. The number of ketones is 1. The summed E-state index contributed by atoms with van der Waals surface area (Å²) in [6.07, 6.45) is 0. The van der Waals surface area contributed by atoms with Crippen LogP contribution in [-0.2, 0) is 4.79 Å². The topological polar surface area (TPSA) is 60.0 Å². The molecule has 1 aromatic rings. The van der Waals surface area contributed by atoms with Crippen molar-refractivity contribution in [3.8, 4) is 17.2 Å². The number of ether oxygens (including phenoxy) is 3. The van der Waals surface area contributed by atoms with Crippen molar-refractivity contribution in [3.63, 3.8) is 0 Å². The third-order valence-electron chi connectivity index (χ3n) is 4.31. The van der Waals surface area contributed by atoms with Crippen LogP contribution in [0.1, 0.15) is 32.4 Å². The van der Waals surface area contributed by atoms with Crippen molar-refractivity contribution in [2.24, 2.45) is 0 Å². The zero-order valence-corrected chi connectivity index (χ0v) is 16.2. The van der Waals surface area contributed by atoms with Crippen LogP contribution in [0.5, 0.6) is 17.2 Å². The smallest absolute Gasteiger partial charge is 0.203 e. The second-order valence-corrected chi connectivity index (χ2v) is 6.03. The van der Waals surface area contributed by atoms with Gasteiger partial charge in [-0.1, -0.05) is 0 Å². The number of Topliss-reactive ketones (excluding diaryl/α,β-unsaturated/α-hetero) is 1. The fourth-order valence-electron chi connectivity index (χ4n) is 3.14. The van der Waals surface area contributed by atoms with Crippen molar-refractivity contribution in [2.45, 2.75) is 26.8 Å². The van der Waals surface area contributed by atoms with Crippen molar-refractivity contribution in [2.75, 3.05) is 27.9 Å². The van der Waals surface area contributed by atoms with Crippen molar-refractivity contribution in [1.29, 1.82) is 0 Å². The van der Waals surface area contributed by atoms with Gasteiger partial charge in [-0.05, 0) is 50.7 Å². The molecule has 0 saturated carbocycles. The van der Waals surface area contributed by atoms with Gasteiger partial charge in [-0.25, -0.2) is 0 Å². The van der Waals surface area contributed by atoms with E-state index >= 15 is 0 Å². The summed E-state index contributed by atoms with van der Waals surface area (Å²) in [7, 11) is 4.68. The maximum atomic E-state index is 12.3. The highest BCUT2D eigenvalue weighted by atomic mass is 32.1. The van der Waals surface area contributed by atoms with Crippen LogP contribution in [0.2, 0.25) is 0 Å². The van der Waals surface area contributed by atoms with Crippen LogP contribution < -0.4 is 19.5 Å². The number of carbonyl (C=O) groups is 1. The van der Waals surface area contributed by atoms with Crippen LogP contribution in [0.3, 0.4) is 0 Å². The molecule has 0 saturated heterocycles. The van der Waals surface area contributed by atoms with Crippen molar-refractivity contribution in [3.05, 3.63) is 29.0 Å². The second kappa shape index (κ2) is 7.74. The van der Waals surface area contributed by atoms with E-state index in [1.807, 2.05) is 30.9 Å². The minimum atomic E-state index is -0.374. The quantitative estimate of drug-likeness (QED) is 0.779. The molecule has 1 unspecified atom stereocenters. The largest absolute Gasteiger partial charge is 0.493 e. The lowest BCUT2D eigenvalue weighted by atomic mass is 9.92. The zero-order chi connectivity index (χ0) is 18.7. The van der Waals surface area contributed by atoms with Crippen LogP contribution in [-0.4, -0.2) is 43.7 Å². The van der Waals surface area contributed by atoms with Crippen molar-refractivity contribution >= 4 is 23.1 Å². The number of thiocarbonyl (C=S) groups is 1. The summed E-state index contributed by atoms with van der Waals surface area (Å²) < 4.78 is 16.2. The predicted molar refractivity (Wildman–Crippen MR) is 100 cm³/mol. The number of rotatable bonds is 6. The van der Waals surface area contributed by atoms with Crippen LogP contribution in [0.4, 0.5) is 0 Å². The molecule has 136 valence electrons. The highest BCUT2D eigenvalue weighted by Gasteiger charge is 2.32. The Morgan fingerprint density at radius 3 is 2.16 bits per heavy atom. The standard InChI is InChI=1S/C18H24N2O4S/c1-7-20-10(2)15(11(3)21)16(19-18(20)25)12-8-13(22-4)17(24-6)14(9-12)23-5/h8-9,16H,7H2,1-6H3,(H,19,25). The molecule has 0 fully saturated rings. The first-order chi connectivity index (χ1) is 11.9. The molecule has 7 heteroatoms. The van der Waals surface area contributed by atoms with Crippen molar-refractivity contribution < 1.29 is 19.0 Å². The fourth-order valence-corrected chi connectivity index (χ4v) is 3.52. The summed E-state index contributed by atoms with van der Waals surface area (Å²) in [5, 5.41) is 3.85. The predicted octanol–water partition coefficient (Wildman–Crippen LogP) is 2.83. The monoisotopic (exact) mass is 364 g/mol. The number of allylic oxidation sites excluding steroid dienone is 1. The van der Waals surface area contributed by atoms with Gasteiger partial charge >= 0.3 is 0 Å². The Kier molecular flexibility index (Phi) is 5.89. The molecule has 1 aliphatic rings. The number of hydrogen-bond acceptors (Lipinski definition) is 5. The number of hydrogen-bond donors (Lipinski definition) is 1. The molecule has 0 amide bonds. The second-order valence-electron chi connectivity index (χ2n) is 5.64. The summed E-state index contributed by atoms with van der Waals surface area (Å²) in [5.74, 6) is 1.56. The minimum Gasteiger partial charge on any atom is -0.493 e. The van der Waals surface area contributed by atoms with Crippen LogP contribution in [0.15, 0.2) is 23.4 Å². The average Bonchev–Trinajstić information content (AvgIpc) is 2.59. The Hall–Kier alpha value is -2.28. The third kappa shape index (κ3) is 3.42. The molecule has 1 aliphatic heterocycles. The van der Waals surface area contributed by atoms with Crippen LogP contribution in [0.25, 0.3) is 0 Å². The maximum Gasteiger partial charge on any atom is 0.203 e. The van der Waals surface area contributed by atoms with Crippen LogP contribution in [0, 0.1) is 0 Å². The first kappa shape index (κ1) is 19.1. The molecule has 0 aromatic heterocycles. The normalized spacial score (nSPS) is 17.3. The lowest BCUT2D eigenvalue weighted by Gasteiger charge is -2.37. The number of nitrogens with zero attached hydrogens (tertiary/aromatic N) is 1. The highest BCUT2D eigenvalue weighted by Crippen LogP contribution is 2.42. The van der Waals surface area contributed by atoms with Crippen molar-refractivity contribution in [1.82, 2.24) is 10.2 Å². The first-order valence-electron chi connectivity index (χ1n) is 7.99. The van der Waals surface area contributed by atoms with E-state index in [1.54, 1.807) is 28.3 Å². The van der Waals surface area contributed by atoms with Gasteiger partial charge in [0.25, 0.3) is 0 Å². The van der Waals surface area contributed by atoms with Gasteiger partial charge in [0.2, 0.25) is 5.75 Å². The van der Waals surface area contributed by atoms with Gasteiger partial charge in [0.05, 0.1) is 27.4 Å². The average molecular weight is 364 g/mol. The summed E-state index contributed by atoms with van der Waals surface area (Å²) in [6.45, 7) is 6.16. The van der Waals surface area contributed by atoms with Gasteiger partial charge in [0.15, 0.2) is 22.4 Å². The highest BCUT2D eigenvalue weighted by molar-refractivity contribution is 7.80. The zero-order valence-electron chi connectivity index (χ0n) is 15.4. The van der Waals surface area contributed by atoms with Gasteiger partial charge in [0.1, 0.15) is 0 Å². The lowest BCUT2D eigenvalue weighted by molar-refractivity contribution is -0.114. The van der Waals surface area contributed by atoms with Gasteiger partial charge in [0, 0.05) is 17.8 Å². The lowest BCUT2D eigenvalue weighted by Crippen LogP contribution is -2.47. The summed E-state index contributed by atoms with van der Waals surface area (Å²) >= 11 is 5.47. The van der Waals surface area contributed by atoms with Crippen LogP contribution >= 0.6 is 12.2 Å². The van der Waals surface area contributed by atoms with E-state index < -0.39 is 0 Å². The molecule has 0 spiro atoms. The van der Waals surface area contributed by atoms with E-state index in [0.29, 0.717) is 34.5 Å². The molecule has 25 heavy (non-hydrogen) atoms. The van der Waals surface area contributed by atoms with E-state index in [2.05, 4.69) is 5.32 Å². The Bertz CT molecular complexity index is 705. The molecule has 0 aliphatic carbocycles. The summed E-state index contributed by atoms with van der Waals surface area (Å²) in [5.41, 5.74) is 2.35. The maximum absolute atomic E-state index is 12.3. The van der Waals surface area contributed by atoms with E-state index in [-0.39, 0.29) is 11.8 Å².